The first kappa shape index (κ1) is 13.0. The minimum Gasteiger partial charge on any atom is -0.381 e. The smallest absolute Gasteiger partial charge is 0.138 e. The Hall–Kier alpha value is -0.410. The maximum Gasteiger partial charge on any atom is 0.138 e. The number of carbonyl (C=O) groups is 1. The van der Waals surface area contributed by atoms with Crippen LogP contribution in [0.4, 0.5) is 0 Å². The van der Waals surface area contributed by atoms with E-state index in [1.807, 2.05) is 6.92 Å². The number of ketones is 1. The molecule has 2 fully saturated rings. The molecule has 17 heavy (non-hydrogen) atoms. The summed E-state index contributed by atoms with van der Waals surface area (Å²) < 4.78 is 11.2. The molecule has 1 heterocycles. The van der Waals surface area contributed by atoms with Crippen molar-refractivity contribution in [1.29, 1.82) is 0 Å². The molecule has 2 aliphatic rings. The Morgan fingerprint density at radius 1 is 1.41 bits per heavy atom. The molecule has 3 nitrogen and oxygen atoms in total. The van der Waals surface area contributed by atoms with Gasteiger partial charge in [-0.2, -0.15) is 0 Å². The maximum atomic E-state index is 12.1. The lowest BCUT2D eigenvalue weighted by atomic mass is 9.82. The molecule has 1 saturated carbocycles. The molecule has 0 aromatic carbocycles. The highest BCUT2D eigenvalue weighted by atomic mass is 16.5. The third kappa shape index (κ3) is 3.29. The maximum absolute atomic E-state index is 12.1. The largest absolute Gasteiger partial charge is 0.381 e. The van der Waals surface area contributed by atoms with E-state index in [9.17, 15) is 4.79 Å². The van der Waals surface area contributed by atoms with Gasteiger partial charge in [0.1, 0.15) is 5.78 Å². The predicted octanol–water partition coefficient (Wildman–Crippen LogP) is 2.72. The van der Waals surface area contributed by atoms with Crippen molar-refractivity contribution < 1.29 is 14.3 Å². The molecule has 0 N–H and O–H groups in total. The molecule has 1 unspecified atom stereocenters. The van der Waals surface area contributed by atoms with Gasteiger partial charge in [-0.15, -0.1) is 0 Å². The zero-order valence-electron chi connectivity index (χ0n) is 10.9. The van der Waals surface area contributed by atoms with E-state index < -0.39 is 0 Å². The highest BCUT2D eigenvalue weighted by Gasteiger charge is 2.41. The number of Topliss-reactive ketones (excluding diaryl/α,β-unsaturated/α-hetero) is 1. The van der Waals surface area contributed by atoms with Crippen LogP contribution in [-0.4, -0.2) is 31.2 Å². The first-order valence-corrected chi connectivity index (χ1v) is 7.00. The Morgan fingerprint density at radius 3 is 2.88 bits per heavy atom. The average molecular weight is 240 g/mol. The molecule has 0 bridgehead atoms. The molecule has 1 atom stereocenters. The average Bonchev–Trinajstić information content (AvgIpc) is 2.77. The summed E-state index contributed by atoms with van der Waals surface area (Å²) in [5.41, 5.74) is 0.0597. The van der Waals surface area contributed by atoms with Crippen LogP contribution in [0.25, 0.3) is 0 Å². The summed E-state index contributed by atoms with van der Waals surface area (Å²) in [4.78, 5) is 12.1. The van der Waals surface area contributed by atoms with Crippen LogP contribution in [0.2, 0.25) is 0 Å². The lowest BCUT2D eigenvalue weighted by Crippen LogP contribution is -2.39. The van der Waals surface area contributed by atoms with Crippen molar-refractivity contribution in [3.05, 3.63) is 0 Å². The van der Waals surface area contributed by atoms with Gasteiger partial charge in [-0.25, -0.2) is 0 Å². The summed E-state index contributed by atoms with van der Waals surface area (Å²) in [6.07, 6.45) is 7.28. The molecule has 3 heteroatoms. The van der Waals surface area contributed by atoms with Crippen LogP contribution >= 0.6 is 0 Å². The van der Waals surface area contributed by atoms with Gasteiger partial charge in [0.25, 0.3) is 0 Å². The zero-order valence-corrected chi connectivity index (χ0v) is 10.9. The van der Waals surface area contributed by atoms with Crippen LogP contribution < -0.4 is 0 Å². The summed E-state index contributed by atoms with van der Waals surface area (Å²) in [5, 5.41) is 0. The van der Waals surface area contributed by atoms with Gasteiger partial charge in [-0.05, 0) is 32.6 Å². The van der Waals surface area contributed by atoms with Gasteiger partial charge in [0.2, 0.25) is 0 Å². The van der Waals surface area contributed by atoms with Crippen LogP contribution in [0.15, 0.2) is 0 Å². The standard InChI is InChI=1S/C14H24O3/c1-2-16-9-6-13(15)12-5-10-17-14(11-12)7-3-4-8-14/h12H,2-11H2,1H3. The van der Waals surface area contributed by atoms with Gasteiger partial charge in [-0.3, -0.25) is 4.79 Å². The van der Waals surface area contributed by atoms with Gasteiger partial charge in [0.15, 0.2) is 0 Å². The summed E-state index contributed by atoms with van der Waals surface area (Å²) in [7, 11) is 0. The van der Waals surface area contributed by atoms with Crippen molar-refractivity contribution >= 4 is 5.78 Å². The Balaban J connectivity index is 1.82. The van der Waals surface area contributed by atoms with Crippen molar-refractivity contribution in [3.8, 4) is 0 Å². The number of rotatable bonds is 5. The minimum atomic E-state index is 0.0597. The Bertz CT molecular complexity index is 256. The first-order valence-electron chi connectivity index (χ1n) is 7.00. The van der Waals surface area contributed by atoms with E-state index in [1.165, 1.54) is 12.8 Å². The summed E-state index contributed by atoms with van der Waals surface area (Å²) >= 11 is 0. The summed E-state index contributed by atoms with van der Waals surface area (Å²) in [6, 6.07) is 0. The number of ether oxygens (including phenoxy) is 2. The van der Waals surface area contributed by atoms with Gasteiger partial charge < -0.3 is 9.47 Å². The van der Waals surface area contributed by atoms with Crippen molar-refractivity contribution in [2.24, 2.45) is 5.92 Å². The summed E-state index contributed by atoms with van der Waals surface area (Å²) in [5.74, 6) is 0.607. The van der Waals surface area contributed by atoms with Crippen molar-refractivity contribution in [2.45, 2.75) is 57.5 Å². The van der Waals surface area contributed by atoms with Crippen LogP contribution in [-0.2, 0) is 14.3 Å². The minimum absolute atomic E-state index is 0.0597. The van der Waals surface area contributed by atoms with Crippen LogP contribution in [0, 0.1) is 5.92 Å². The van der Waals surface area contributed by atoms with Crippen LogP contribution in [0.1, 0.15) is 51.9 Å². The van der Waals surface area contributed by atoms with E-state index >= 15 is 0 Å². The third-order valence-electron chi connectivity index (χ3n) is 4.16. The second-order valence-electron chi connectivity index (χ2n) is 5.34. The van der Waals surface area contributed by atoms with E-state index in [2.05, 4.69) is 0 Å². The highest BCUT2D eigenvalue weighted by Crippen LogP contribution is 2.42. The SMILES string of the molecule is CCOCCC(=O)C1CCOC2(CCCC2)C1. The zero-order chi connectivity index (χ0) is 12.1. The fourth-order valence-electron chi connectivity index (χ4n) is 3.19. The number of hydrogen-bond donors (Lipinski definition) is 0. The molecular weight excluding hydrogens is 216 g/mol. The molecule has 2 rings (SSSR count). The Kier molecular flexibility index (Phi) is 4.57. The molecule has 1 saturated heterocycles. The molecule has 0 aromatic heterocycles. The lowest BCUT2D eigenvalue weighted by Gasteiger charge is -2.37. The molecule has 1 aliphatic carbocycles. The van der Waals surface area contributed by atoms with Gasteiger partial charge in [0, 0.05) is 25.6 Å². The number of carbonyl (C=O) groups excluding carboxylic acids is 1. The molecule has 0 amide bonds. The van der Waals surface area contributed by atoms with Crippen molar-refractivity contribution in [1.82, 2.24) is 0 Å². The fraction of sp³-hybridized carbons (Fsp3) is 0.929. The van der Waals surface area contributed by atoms with E-state index in [0.717, 1.165) is 32.3 Å². The second-order valence-corrected chi connectivity index (χ2v) is 5.34. The van der Waals surface area contributed by atoms with Gasteiger partial charge >= 0.3 is 0 Å². The topological polar surface area (TPSA) is 35.5 Å². The van der Waals surface area contributed by atoms with Gasteiger partial charge in [0.05, 0.1) is 12.2 Å². The molecule has 98 valence electrons. The van der Waals surface area contributed by atoms with E-state index in [1.54, 1.807) is 0 Å². The molecule has 0 radical (unpaired) electrons. The molecule has 1 spiro atoms. The molecule has 0 aromatic rings. The second kappa shape index (κ2) is 5.96. The van der Waals surface area contributed by atoms with E-state index in [0.29, 0.717) is 25.4 Å². The Labute approximate surface area is 104 Å². The van der Waals surface area contributed by atoms with Crippen LogP contribution in [0.3, 0.4) is 0 Å². The van der Waals surface area contributed by atoms with E-state index in [-0.39, 0.29) is 11.5 Å². The van der Waals surface area contributed by atoms with Gasteiger partial charge in [-0.1, -0.05) is 12.8 Å². The quantitative estimate of drug-likeness (QED) is 0.693. The van der Waals surface area contributed by atoms with E-state index in [4.69, 9.17) is 9.47 Å². The summed E-state index contributed by atoms with van der Waals surface area (Å²) in [6.45, 7) is 4.02. The normalized spacial score (nSPS) is 27.5. The monoisotopic (exact) mass is 240 g/mol. The molecule has 1 aliphatic heterocycles. The third-order valence-corrected chi connectivity index (χ3v) is 4.16. The predicted molar refractivity (Wildman–Crippen MR) is 66.0 cm³/mol. The van der Waals surface area contributed by atoms with Crippen LogP contribution in [0.5, 0.6) is 0 Å². The fourth-order valence-corrected chi connectivity index (χ4v) is 3.19. The molecular formula is C14H24O3. The Morgan fingerprint density at radius 2 is 2.18 bits per heavy atom. The lowest BCUT2D eigenvalue weighted by molar-refractivity contribution is -0.137. The van der Waals surface area contributed by atoms with Crippen molar-refractivity contribution in [2.75, 3.05) is 19.8 Å². The number of hydrogen-bond acceptors (Lipinski definition) is 3. The van der Waals surface area contributed by atoms with Crippen molar-refractivity contribution in [3.63, 3.8) is 0 Å². The first-order chi connectivity index (χ1) is 8.26. The highest BCUT2D eigenvalue weighted by molar-refractivity contribution is 5.81.